The molecule has 2 aromatic rings. The molecule has 0 unspecified atom stereocenters. The van der Waals surface area contributed by atoms with Crippen LogP contribution in [0.5, 0.6) is 11.5 Å². The van der Waals surface area contributed by atoms with E-state index in [4.69, 9.17) is 9.47 Å². The summed E-state index contributed by atoms with van der Waals surface area (Å²) in [6.07, 6.45) is 2.03. The number of para-hydroxylation sites is 1. The Balaban J connectivity index is 1.74. The lowest BCUT2D eigenvalue weighted by molar-refractivity contribution is -0.139. The highest BCUT2D eigenvalue weighted by Gasteiger charge is 2.23. The Kier molecular flexibility index (Phi) is 5.90. The van der Waals surface area contributed by atoms with Crippen molar-refractivity contribution in [2.45, 2.75) is 18.9 Å². The molecule has 1 heterocycles. The van der Waals surface area contributed by atoms with Gasteiger partial charge in [0.05, 0.1) is 7.11 Å². The monoisotopic (exact) mass is 340 g/mol. The van der Waals surface area contributed by atoms with Crippen LogP contribution in [0, 0.1) is 0 Å². The van der Waals surface area contributed by atoms with Crippen LogP contribution in [0.4, 0.5) is 5.69 Å². The second-order valence-electron chi connectivity index (χ2n) is 6.09. The van der Waals surface area contributed by atoms with Crippen molar-refractivity contribution in [2.24, 2.45) is 0 Å². The predicted octanol–water partition coefficient (Wildman–Crippen LogP) is 3.21. The molecule has 0 amide bonds. The molecule has 5 heteroatoms. The number of nitrogens with zero attached hydrogens (tertiary/aromatic N) is 1. The highest BCUT2D eigenvalue weighted by atomic mass is 16.5. The average Bonchev–Trinajstić information content (AvgIpc) is 2.68. The van der Waals surface area contributed by atoms with Crippen molar-refractivity contribution in [3.8, 4) is 11.5 Å². The van der Waals surface area contributed by atoms with E-state index in [1.807, 2.05) is 54.6 Å². The second-order valence-corrected chi connectivity index (χ2v) is 6.09. The van der Waals surface area contributed by atoms with Gasteiger partial charge >= 0.3 is 5.97 Å². The van der Waals surface area contributed by atoms with E-state index in [2.05, 4.69) is 10.2 Å². The number of nitrogens with one attached hydrogen (secondary N) is 1. The summed E-state index contributed by atoms with van der Waals surface area (Å²) in [7, 11) is 1.43. The van der Waals surface area contributed by atoms with Gasteiger partial charge in [-0.1, -0.05) is 18.2 Å². The van der Waals surface area contributed by atoms with Gasteiger partial charge in [-0.2, -0.15) is 0 Å². The molecule has 1 aliphatic rings. The van der Waals surface area contributed by atoms with Crippen LogP contribution < -0.4 is 15.0 Å². The smallest absolute Gasteiger partial charge is 0.325 e. The van der Waals surface area contributed by atoms with E-state index in [9.17, 15) is 4.79 Å². The van der Waals surface area contributed by atoms with Gasteiger partial charge in [0.1, 0.15) is 18.0 Å². The third-order valence-corrected chi connectivity index (χ3v) is 4.42. The van der Waals surface area contributed by atoms with Gasteiger partial charge in [0.15, 0.2) is 0 Å². The Bertz CT molecular complexity index is 667. The Morgan fingerprint density at radius 1 is 1.04 bits per heavy atom. The third-order valence-electron chi connectivity index (χ3n) is 4.42. The fraction of sp³-hybridized carbons (Fsp3) is 0.350. The first-order chi connectivity index (χ1) is 12.3. The summed E-state index contributed by atoms with van der Waals surface area (Å²) in [6.45, 7) is 2.20. The molecule has 0 spiro atoms. The molecule has 2 aromatic carbocycles. The van der Waals surface area contributed by atoms with Gasteiger partial charge in [-0.25, -0.2) is 0 Å². The highest BCUT2D eigenvalue weighted by molar-refractivity contribution is 5.76. The number of piperidine rings is 1. The minimum Gasteiger partial charge on any atom is -0.468 e. The van der Waals surface area contributed by atoms with Crippen LogP contribution in [0.15, 0.2) is 54.6 Å². The van der Waals surface area contributed by atoms with E-state index in [1.54, 1.807) is 0 Å². The molecule has 3 rings (SSSR count). The number of benzene rings is 2. The summed E-state index contributed by atoms with van der Waals surface area (Å²) in [6, 6.07) is 17.9. The molecule has 0 aromatic heterocycles. The SMILES string of the molecule is COC(=O)CN(c1ccc(Oc2ccccc2)cc1)C1CCNCC1. The molecule has 132 valence electrons. The molecule has 1 fully saturated rings. The molecule has 25 heavy (non-hydrogen) atoms. The maximum atomic E-state index is 11.8. The summed E-state index contributed by atoms with van der Waals surface area (Å²) in [5.74, 6) is 1.36. The molecule has 5 nitrogen and oxygen atoms in total. The van der Waals surface area contributed by atoms with Gasteiger partial charge in [-0.3, -0.25) is 4.79 Å². The second kappa shape index (κ2) is 8.53. The molecule has 0 saturated carbocycles. The maximum Gasteiger partial charge on any atom is 0.325 e. The van der Waals surface area contributed by atoms with Crippen molar-refractivity contribution in [2.75, 3.05) is 31.6 Å². The van der Waals surface area contributed by atoms with Gasteiger partial charge < -0.3 is 19.7 Å². The highest BCUT2D eigenvalue weighted by Crippen LogP contribution is 2.27. The minimum atomic E-state index is -0.219. The van der Waals surface area contributed by atoms with E-state index in [0.29, 0.717) is 6.04 Å². The van der Waals surface area contributed by atoms with Crippen molar-refractivity contribution >= 4 is 11.7 Å². The molecule has 1 aliphatic heterocycles. The minimum absolute atomic E-state index is 0.219. The van der Waals surface area contributed by atoms with Gasteiger partial charge in [0.2, 0.25) is 0 Å². The molecule has 1 saturated heterocycles. The molecule has 0 bridgehead atoms. The zero-order valence-corrected chi connectivity index (χ0v) is 14.5. The number of hydrogen-bond donors (Lipinski definition) is 1. The summed E-state index contributed by atoms with van der Waals surface area (Å²) in [5.41, 5.74) is 1.01. The summed E-state index contributed by atoms with van der Waals surface area (Å²) in [5, 5.41) is 3.36. The fourth-order valence-electron chi connectivity index (χ4n) is 3.08. The Morgan fingerprint density at radius 3 is 2.32 bits per heavy atom. The van der Waals surface area contributed by atoms with Crippen LogP contribution in [0.3, 0.4) is 0 Å². The van der Waals surface area contributed by atoms with E-state index in [1.165, 1.54) is 7.11 Å². The molecule has 0 atom stereocenters. The molecule has 0 aliphatic carbocycles. The quantitative estimate of drug-likeness (QED) is 0.819. The first-order valence-electron chi connectivity index (χ1n) is 8.63. The molecular formula is C20H24N2O3. The number of esters is 1. The van der Waals surface area contributed by atoms with Gasteiger partial charge in [-0.05, 0) is 62.3 Å². The lowest BCUT2D eigenvalue weighted by Crippen LogP contribution is -2.45. The zero-order chi connectivity index (χ0) is 17.5. The zero-order valence-electron chi connectivity index (χ0n) is 14.5. The first-order valence-corrected chi connectivity index (χ1v) is 8.63. The summed E-state index contributed by atoms with van der Waals surface area (Å²) in [4.78, 5) is 14.0. The van der Waals surface area contributed by atoms with Crippen LogP contribution in [-0.4, -0.2) is 38.8 Å². The number of hydrogen-bond acceptors (Lipinski definition) is 5. The van der Waals surface area contributed by atoms with Gasteiger partial charge in [-0.15, -0.1) is 0 Å². The van der Waals surface area contributed by atoms with Gasteiger partial charge in [0.25, 0.3) is 0 Å². The topological polar surface area (TPSA) is 50.8 Å². The average molecular weight is 340 g/mol. The number of ether oxygens (including phenoxy) is 2. The Hall–Kier alpha value is -2.53. The predicted molar refractivity (Wildman–Crippen MR) is 98.2 cm³/mol. The largest absolute Gasteiger partial charge is 0.468 e. The number of anilines is 1. The van der Waals surface area contributed by atoms with Crippen molar-refractivity contribution < 1.29 is 14.3 Å². The maximum absolute atomic E-state index is 11.8. The third kappa shape index (κ3) is 4.73. The number of carbonyl (C=O) groups excluding carboxylic acids is 1. The van der Waals surface area contributed by atoms with Crippen LogP contribution in [-0.2, 0) is 9.53 Å². The van der Waals surface area contributed by atoms with E-state index >= 15 is 0 Å². The molecule has 0 radical (unpaired) electrons. The van der Waals surface area contributed by atoms with Crippen molar-refractivity contribution in [1.29, 1.82) is 0 Å². The molecular weight excluding hydrogens is 316 g/mol. The van der Waals surface area contributed by atoms with Crippen molar-refractivity contribution in [1.82, 2.24) is 5.32 Å². The number of rotatable bonds is 6. The van der Waals surface area contributed by atoms with Crippen LogP contribution in [0.25, 0.3) is 0 Å². The van der Waals surface area contributed by atoms with E-state index in [0.717, 1.165) is 43.1 Å². The van der Waals surface area contributed by atoms with E-state index < -0.39 is 0 Å². The summed E-state index contributed by atoms with van der Waals surface area (Å²) < 4.78 is 10.7. The van der Waals surface area contributed by atoms with Gasteiger partial charge in [0, 0.05) is 11.7 Å². The van der Waals surface area contributed by atoms with E-state index in [-0.39, 0.29) is 12.5 Å². The standard InChI is InChI=1S/C20H24N2O3/c1-24-20(23)15-22(17-11-13-21-14-12-17)16-7-9-19(10-8-16)25-18-5-3-2-4-6-18/h2-10,17,21H,11-15H2,1H3. The summed E-state index contributed by atoms with van der Waals surface area (Å²) >= 11 is 0. The Labute approximate surface area is 148 Å². The number of methoxy groups -OCH3 is 1. The van der Waals surface area contributed by atoms with Crippen LogP contribution in [0.1, 0.15) is 12.8 Å². The molecule has 1 N–H and O–H groups in total. The van der Waals surface area contributed by atoms with Crippen molar-refractivity contribution in [3.05, 3.63) is 54.6 Å². The van der Waals surface area contributed by atoms with Crippen LogP contribution >= 0.6 is 0 Å². The lowest BCUT2D eigenvalue weighted by atomic mass is 10.0. The fourth-order valence-corrected chi connectivity index (χ4v) is 3.08. The van der Waals surface area contributed by atoms with Crippen molar-refractivity contribution in [3.63, 3.8) is 0 Å². The first kappa shape index (κ1) is 17.3. The normalized spacial score (nSPS) is 14.8. The lowest BCUT2D eigenvalue weighted by Gasteiger charge is -2.35. The number of carbonyl (C=O) groups is 1. The Morgan fingerprint density at radius 2 is 1.68 bits per heavy atom. The van der Waals surface area contributed by atoms with Crippen LogP contribution in [0.2, 0.25) is 0 Å².